The summed E-state index contributed by atoms with van der Waals surface area (Å²) in [5.41, 5.74) is 6.15. The van der Waals surface area contributed by atoms with Crippen LogP contribution in [0.1, 0.15) is 24.1 Å². The quantitative estimate of drug-likeness (QED) is 0.843. The van der Waals surface area contributed by atoms with E-state index in [0.717, 1.165) is 12.0 Å². The predicted octanol–water partition coefficient (Wildman–Crippen LogP) is 3.23. The van der Waals surface area contributed by atoms with Crippen LogP contribution in [0.2, 0.25) is 0 Å². The highest BCUT2D eigenvalue weighted by Crippen LogP contribution is 2.30. The first-order chi connectivity index (χ1) is 6.45. The van der Waals surface area contributed by atoms with Crippen LogP contribution in [0.25, 0.3) is 0 Å². The number of halogens is 4. The van der Waals surface area contributed by atoms with E-state index in [-0.39, 0.29) is 18.0 Å². The van der Waals surface area contributed by atoms with Gasteiger partial charge in [0.1, 0.15) is 6.04 Å². The lowest BCUT2D eigenvalue weighted by atomic mass is 10.0. The Labute approximate surface area is 92.9 Å². The molecule has 0 bridgehead atoms. The van der Waals surface area contributed by atoms with Gasteiger partial charge in [-0.15, -0.1) is 12.4 Å². The minimum atomic E-state index is -4.37. The maximum atomic E-state index is 12.2. The number of benzene rings is 1. The largest absolute Gasteiger partial charge is 0.407 e. The van der Waals surface area contributed by atoms with Crippen LogP contribution in [-0.2, 0) is 6.42 Å². The van der Waals surface area contributed by atoms with E-state index >= 15 is 0 Å². The summed E-state index contributed by atoms with van der Waals surface area (Å²) in [6.07, 6.45) is -3.56. The maximum Gasteiger partial charge on any atom is 0.407 e. The van der Waals surface area contributed by atoms with E-state index in [1.54, 1.807) is 12.1 Å². The lowest BCUT2D eigenvalue weighted by molar-refractivity contribution is -0.149. The molecule has 0 saturated carbocycles. The van der Waals surface area contributed by atoms with Gasteiger partial charge in [0.2, 0.25) is 0 Å². The van der Waals surface area contributed by atoms with Crippen molar-refractivity contribution in [1.29, 1.82) is 0 Å². The Morgan fingerprint density at radius 3 is 2.00 bits per heavy atom. The third-order valence-corrected chi connectivity index (χ3v) is 2.10. The first kappa shape index (κ1) is 14.3. The molecule has 2 N–H and O–H groups in total. The van der Waals surface area contributed by atoms with E-state index < -0.39 is 12.2 Å². The van der Waals surface area contributed by atoms with Crippen LogP contribution in [0, 0.1) is 0 Å². The number of rotatable bonds is 2. The van der Waals surface area contributed by atoms with Crippen molar-refractivity contribution in [3.05, 3.63) is 35.4 Å². The van der Waals surface area contributed by atoms with Crippen LogP contribution in [0.5, 0.6) is 0 Å². The predicted molar refractivity (Wildman–Crippen MR) is 56.1 cm³/mol. The zero-order chi connectivity index (χ0) is 10.8. The fourth-order valence-corrected chi connectivity index (χ4v) is 1.15. The Bertz CT molecular complexity index is 295. The summed E-state index contributed by atoms with van der Waals surface area (Å²) in [5, 5.41) is 0. The number of nitrogens with two attached hydrogens (primary N) is 1. The standard InChI is InChI=1S/C10H12F3N.ClH/c1-2-7-3-5-8(6-4-7)9(14)10(11,12)13;/h3-6,9H,2,14H2,1H3;1H. The Kier molecular flexibility index (Phi) is 5.11. The Morgan fingerprint density at radius 2 is 1.67 bits per heavy atom. The second-order valence-electron chi connectivity index (χ2n) is 3.11. The first-order valence-electron chi connectivity index (χ1n) is 4.36. The van der Waals surface area contributed by atoms with Gasteiger partial charge in [0.05, 0.1) is 0 Å². The third kappa shape index (κ3) is 3.72. The molecule has 1 nitrogen and oxygen atoms in total. The summed E-state index contributed by atoms with van der Waals surface area (Å²) in [5.74, 6) is 0. The number of hydrogen-bond acceptors (Lipinski definition) is 1. The molecule has 1 rings (SSSR count). The second kappa shape index (κ2) is 5.37. The van der Waals surface area contributed by atoms with Gasteiger partial charge in [-0.05, 0) is 17.5 Å². The van der Waals surface area contributed by atoms with Crippen molar-refractivity contribution >= 4 is 12.4 Å². The molecule has 0 aliphatic carbocycles. The van der Waals surface area contributed by atoms with E-state index in [1.165, 1.54) is 12.1 Å². The van der Waals surface area contributed by atoms with Crippen LogP contribution in [0.3, 0.4) is 0 Å². The van der Waals surface area contributed by atoms with Gasteiger partial charge >= 0.3 is 6.18 Å². The van der Waals surface area contributed by atoms with Crippen LogP contribution in [-0.4, -0.2) is 6.18 Å². The summed E-state index contributed by atoms with van der Waals surface area (Å²) in [6.45, 7) is 1.94. The minimum Gasteiger partial charge on any atom is -0.316 e. The highest BCUT2D eigenvalue weighted by molar-refractivity contribution is 5.85. The number of alkyl halides is 3. The van der Waals surface area contributed by atoms with Crippen LogP contribution >= 0.6 is 12.4 Å². The molecule has 0 radical (unpaired) electrons. The van der Waals surface area contributed by atoms with Gasteiger partial charge in [0, 0.05) is 0 Å². The smallest absolute Gasteiger partial charge is 0.316 e. The zero-order valence-electron chi connectivity index (χ0n) is 8.21. The summed E-state index contributed by atoms with van der Waals surface area (Å²) >= 11 is 0. The molecule has 5 heteroatoms. The molecule has 0 aliphatic rings. The van der Waals surface area contributed by atoms with Crippen LogP contribution in [0.15, 0.2) is 24.3 Å². The topological polar surface area (TPSA) is 26.0 Å². The Hall–Kier alpha value is -0.740. The minimum absolute atomic E-state index is 0. The molecule has 0 saturated heterocycles. The molecular weight excluding hydrogens is 227 g/mol. The van der Waals surface area contributed by atoms with E-state index in [0.29, 0.717) is 0 Å². The van der Waals surface area contributed by atoms with Crippen molar-refractivity contribution in [3.8, 4) is 0 Å². The van der Waals surface area contributed by atoms with Gasteiger partial charge < -0.3 is 5.73 Å². The van der Waals surface area contributed by atoms with Gasteiger partial charge in [-0.25, -0.2) is 0 Å². The van der Waals surface area contributed by atoms with Gasteiger partial charge in [-0.2, -0.15) is 13.2 Å². The normalized spacial score (nSPS) is 13.1. The van der Waals surface area contributed by atoms with Crippen molar-refractivity contribution < 1.29 is 13.2 Å². The van der Waals surface area contributed by atoms with Crippen molar-refractivity contribution in [1.82, 2.24) is 0 Å². The van der Waals surface area contributed by atoms with Crippen LogP contribution < -0.4 is 5.73 Å². The van der Waals surface area contributed by atoms with Gasteiger partial charge in [-0.1, -0.05) is 31.2 Å². The molecule has 0 aliphatic heterocycles. The highest BCUT2D eigenvalue weighted by Gasteiger charge is 2.37. The SMILES string of the molecule is CCc1ccc(C(N)C(F)(F)F)cc1.Cl. The highest BCUT2D eigenvalue weighted by atomic mass is 35.5. The van der Waals surface area contributed by atoms with Crippen molar-refractivity contribution in [2.45, 2.75) is 25.6 Å². The average Bonchev–Trinajstić information content (AvgIpc) is 2.15. The average molecular weight is 240 g/mol. The summed E-state index contributed by atoms with van der Waals surface area (Å²) in [6, 6.07) is 4.31. The Morgan fingerprint density at radius 1 is 1.20 bits per heavy atom. The fraction of sp³-hybridized carbons (Fsp3) is 0.400. The summed E-state index contributed by atoms with van der Waals surface area (Å²) in [4.78, 5) is 0. The van der Waals surface area contributed by atoms with E-state index in [4.69, 9.17) is 5.73 Å². The molecular formula is C10H13ClF3N. The lowest BCUT2D eigenvalue weighted by Crippen LogP contribution is -2.28. The third-order valence-electron chi connectivity index (χ3n) is 2.10. The Balaban J connectivity index is 0.00000196. The molecule has 15 heavy (non-hydrogen) atoms. The second-order valence-corrected chi connectivity index (χ2v) is 3.11. The number of aryl methyl sites for hydroxylation is 1. The van der Waals surface area contributed by atoms with E-state index in [1.807, 2.05) is 6.92 Å². The molecule has 86 valence electrons. The van der Waals surface area contributed by atoms with Crippen molar-refractivity contribution in [2.24, 2.45) is 5.73 Å². The van der Waals surface area contributed by atoms with Gasteiger partial charge in [0.15, 0.2) is 0 Å². The fourth-order valence-electron chi connectivity index (χ4n) is 1.15. The lowest BCUT2D eigenvalue weighted by Gasteiger charge is -2.15. The molecule has 0 aromatic heterocycles. The van der Waals surface area contributed by atoms with E-state index in [2.05, 4.69) is 0 Å². The van der Waals surface area contributed by atoms with Crippen molar-refractivity contribution in [2.75, 3.05) is 0 Å². The van der Waals surface area contributed by atoms with E-state index in [9.17, 15) is 13.2 Å². The summed E-state index contributed by atoms with van der Waals surface area (Å²) < 4.78 is 36.6. The zero-order valence-corrected chi connectivity index (χ0v) is 9.03. The molecule has 1 aromatic rings. The molecule has 0 heterocycles. The monoisotopic (exact) mass is 239 g/mol. The first-order valence-corrected chi connectivity index (χ1v) is 4.36. The van der Waals surface area contributed by atoms with Gasteiger partial charge in [-0.3, -0.25) is 0 Å². The van der Waals surface area contributed by atoms with Crippen molar-refractivity contribution in [3.63, 3.8) is 0 Å². The van der Waals surface area contributed by atoms with Gasteiger partial charge in [0.25, 0.3) is 0 Å². The number of hydrogen-bond donors (Lipinski definition) is 1. The molecule has 1 unspecified atom stereocenters. The molecule has 0 spiro atoms. The summed E-state index contributed by atoms with van der Waals surface area (Å²) in [7, 11) is 0. The molecule has 1 atom stereocenters. The van der Waals surface area contributed by atoms with Crippen LogP contribution in [0.4, 0.5) is 13.2 Å². The molecule has 0 fully saturated rings. The molecule has 0 amide bonds. The maximum absolute atomic E-state index is 12.2. The molecule has 1 aromatic carbocycles.